The van der Waals surface area contributed by atoms with Crippen LogP contribution in [-0.2, 0) is 14.2 Å². The molecule has 0 spiro atoms. The average Bonchev–Trinajstić information content (AvgIpc) is 2.16. The largest absolute Gasteiger partial charge is 0.376 e. The quantitative estimate of drug-likeness (QED) is 0.611. The predicted octanol–water partition coefficient (Wildman–Crippen LogP) is 3.02. The molecule has 3 nitrogen and oxygen atoms in total. The summed E-state index contributed by atoms with van der Waals surface area (Å²) in [4.78, 5) is 0. The van der Waals surface area contributed by atoms with Crippen LogP contribution in [0.3, 0.4) is 0 Å². The number of hydrogen-bond acceptors (Lipinski definition) is 3. The van der Waals surface area contributed by atoms with Gasteiger partial charge >= 0.3 is 0 Å². The van der Waals surface area contributed by atoms with E-state index in [9.17, 15) is 0 Å². The van der Waals surface area contributed by atoms with Crippen LogP contribution in [0.15, 0.2) is 0 Å². The van der Waals surface area contributed by atoms with Crippen LogP contribution in [-0.4, -0.2) is 37.6 Å². The molecule has 0 radical (unpaired) electrons. The second-order valence-corrected chi connectivity index (χ2v) is 4.70. The smallest absolute Gasteiger partial charge is 0.0784 e. The molecule has 0 saturated carbocycles. The van der Waals surface area contributed by atoms with Gasteiger partial charge in [0, 0.05) is 0 Å². The summed E-state index contributed by atoms with van der Waals surface area (Å²) in [6.45, 7) is 13.6. The van der Waals surface area contributed by atoms with Gasteiger partial charge in [0.25, 0.3) is 0 Å². The molecule has 0 fully saturated rings. The van der Waals surface area contributed by atoms with E-state index in [0.717, 1.165) is 6.42 Å². The summed E-state index contributed by atoms with van der Waals surface area (Å²) < 4.78 is 16.8. The highest BCUT2D eigenvalue weighted by molar-refractivity contribution is 4.55. The van der Waals surface area contributed by atoms with Gasteiger partial charge in [0.15, 0.2) is 0 Å². The Morgan fingerprint density at radius 2 is 1.25 bits per heavy atom. The lowest BCUT2D eigenvalue weighted by molar-refractivity contribution is -0.0750. The van der Waals surface area contributed by atoms with Gasteiger partial charge in [-0.3, -0.25) is 0 Å². The number of hydrogen-bond donors (Lipinski definition) is 0. The number of ether oxygens (including phenoxy) is 3. The lowest BCUT2D eigenvalue weighted by atomic mass is 10.3. The Morgan fingerprint density at radius 1 is 0.750 bits per heavy atom. The van der Waals surface area contributed by atoms with E-state index >= 15 is 0 Å². The first-order valence-electron chi connectivity index (χ1n) is 6.34. The summed E-state index contributed by atoms with van der Waals surface area (Å²) in [7, 11) is 0. The van der Waals surface area contributed by atoms with Gasteiger partial charge in [-0.15, -0.1) is 0 Å². The van der Waals surface area contributed by atoms with Crippen molar-refractivity contribution in [2.24, 2.45) is 0 Å². The molecule has 0 rings (SSSR count). The van der Waals surface area contributed by atoms with Crippen LogP contribution in [0.25, 0.3) is 0 Å². The lowest BCUT2D eigenvalue weighted by Crippen LogP contribution is -2.25. The second kappa shape index (κ2) is 8.97. The van der Waals surface area contributed by atoms with Gasteiger partial charge in [0.1, 0.15) is 0 Å². The maximum atomic E-state index is 5.70. The molecule has 0 amide bonds. The van der Waals surface area contributed by atoms with Gasteiger partial charge in [-0.25, -0.2) is 0 Å². The minimum atomic E-state index is 0.149. The summed E-state index contributed by atoms with van der Waals surface area (Å²) in [5, 5.41) is 0. The van der Waals surface area contributed by atoms with Crippen LogP contribution in [0.4, 0.5) is 0 Å². The van der Waals surface area contributed by atoms with Crippen LogP contribution >= 0.6 is 0 Å². The van der Waals surface area contributed by atoms with Crippen LogP contribution in [0.5, 0.6) is 0 Å². The molecule has 0 aliphatic rings. The molecular weight excluding hydrogens is 204 g/mol. The van der Waals surface area contributed by atoms with Crippen LogP contribution < -0.4 is 0 Å². The topological polar surface area (TPSA) is 27.7 Å². The average molecular weight is 232 g/mol. The van der Waals surface area contributed by atoms with Crippen LogP contribution in [0, 0.1) is 0 Å². The van der Waals surface area contributed by atoms with E-state index in [1.165, 1.54) is 0 Å². The first-order valence-corrected chi connectivity index (χ1v) is 6.34. The van der Waals surface area contributed by atoms with E-state index in [1.54, 1.807) is 0 Å². The summed E-state index contributed by atoms with van der Waals surface area (Å²) in [6.07, 6.45) is 1.91. The zero-order chi connectivity index (χ0) is 12.6. The van der Waals surface area contributed by atoms with E-state index in [0.29, 0.717) is 19.3 Å². The molecule has 0 heterocycles. The zero-order valence-electron chi connectivity index (χ0n) is 11.7. The Morgan fingerprint density at radius 3 is 1.69 bits per heavy atom. The minimum Gasteiger partial charge on any atom is -0.376 e. The highest BCUT2D eigenvalue weighted by Gasteiger charge is 2.09. The maximum Gasteiger partial charge on any atom is 0.0784 e. The highest BCUT2D eigenvalue weighted by Crippen LogP contribution is 2.03. The maximum absolute atomic E-state index is 5.70. The third-order valence-corrected chi connectivity index (χ3v) is 2.25. The van der Waals surface area contributed by atoms with Crippen molar-refractivity contribution < 1.29 is 14.2 Å². The molecule has 0 bridgehead atoms. The molecule has 3 heteroatoms. The van der Waals surface area contributed by atoms with Gasteiger partial charge in [-0.2, -0.15) is 0 Å². The first-order chi connectivity index (χ1) is 7.45. The molecule has 0 N–H and O–H groups in total. The zero-order valence-corrected chi connectivity index (χ0v) is 11.7. The fourth-order valence-corrected chi connectivity index (χ4v) is 1.44. The van der Waals surface area contributed by atoms with Crippen molar-refractivity contribution in [1.29, 1.82) is 0 Å². The van der Waals surface area contributed by atoms with Gasteiger partial charge in [0.05, 0.1) is 37.6 Å². The SMILES string of the molecule is CCC(C)OC(C)COCC(C)OC(C)C. The van der Waals surface area contributed by atoms with Crippen LogP contribution in [0.1, 0.15) is 48.0 Å². The molecule has 0 saturated heterocycles. The van der Waals surface area contributed by atoms with E-state index in [1.807, 2.05) is 27.7 Å². The standard InChI is InChI=1S/C13H28O3/c1-7-11(4)16-13(6)9-14-8-12(5)15-10(2)3/h10-13H,7-9H2,1-6H3. The lowest BCUT2D eigenvalue weighted by Gasteiger charge is -2.20. The van der Waals surface area contributed by atoms with Crippen molar-refractivity contribution in [2.45, 2.75) is 72.4 Å². The van der Waals surface area contributed by atoms with Crippen LogP contribution in [0.2, 0.25) is 0 Å². The van der Waals surface area contributed by atoms with Crippen molar-refractivity contribution in [3.63, 3.8) is 0 Å². The first kappa shape index (κ1) is 15.9. The van der Waals surface area contributed by atoms with Crippen molar-refractivity contribution >= 4 is 0 Å². The molecule has 16 heavy (non-hydrogen) atoms. The van der Waals surface area contributed by atoms with Gasteiger partial charge in [-0.1, -0.05) is 6.92 Å². The molecule has 98 valence electrons. The third-order valence-electron chi connectivity index (χ3n) is 2.25. The second-order valence-electron chi connectivity index (χ2n) is 4.70. The van der Waals surface area contributed by atoms with E-state index in [-0.39, 0.29) is 18.3 Å². The number of rotatable bonds is 9. The van der Waals surface area contributed by atoms with E-state index in [4.69, 9.17) is 14.2 Å². The molecule has 3 unspecified atom stereocenters. The molecule has 0 aliphatic heterocycles. The Bertz CT molecular complexity index is 159. The monoisotopic (exact) mass is 232 g/mol. The van der Waals surface area contributed by atoms with Gasteiger partial charge < -0.3 is 14.2 Å². The van der Waals surface area contributed by atoms with Crippen molar-refractivity contribution in [3.05, 3.63) is 0 Å². The summed E-state index contributed by atoms with van der Waals surface area (Å²) in [6, 6.07) is 0. The summed E-state index contributed by atoms with van der Waals surface area (Å²) in [5.41, 5.74) is 0. The molecule has 0 aromatic carbocycles. The fraction of sp³-hybridized carbons (Fsp3) is 1.00. The van der Waals surface area contributed by atoms with E-state index < -0.39 is 0 Å². The summed E-state index contributed by atoms with van der Waals surface area (Å²) in [5.74, 6) is 0. The van der Waals surface area contributed by atoms with Gasteiger partial charge in [-0.05, 0) is 41.0 Å². The predicted molar refractivity (Wildman–Crippen MR) is 66.8 cm³/mol. The van der Waals surface area contributed by atoms with Crippen molar-refractivity contribution in [1.82, 2.24) is 0 Å². The molecular formula is C13H28O3. The Balaban J connectivity index is 3.49. The normalized spacial score (nSPS) is 17.4. The molecule has 0 aliphatic carbocycles. The fourth-order valence-electron chi connectivity index (χ4n) is 1.44. The molecule has 0 aromatic rings. The Hall–Kier alpha value is -0.120. The van der Waals surface area contributed by atoms with Crippen molar-refractivity contribution in [2.75, 3.05) is 13.2 Å². The van der Waals surface area contributed by atoms with E-state index in [2.05, 4.69) is 13.8 Å². The Labute approximate surface area is 100 Å². The Kier molecular flexibility index (Phi) is 8.90. The van der Waals surface area contributed by atoms with Gasteiger partial charge in [0.2, 0.25) is 0 Å². The highest BCUT2D eigenvalue weighted by atomic mass is 16.6. The third kappa shape index (κ3) is 9.13. The molecule has 3 atom stereocenters. The minimum absolute atomic E-state index is 0.149. The summed E-state index contributed by atoms with van der Waals surface area (Å²) >= 11 is 0. The van der Waals surface area contributed by atoms with Crippen molar-refractivity contribution in [3.8, 4) is 0 Å². The molecule has 0 aromatic heterocycles.